The first-order valence-electron chi connectivity index (χ1n) is 14.2. The van der Waals surface area contributed by atoms with Gasteiger partial charge < -0.3 is 4.74 Å². The summed E-state index contributed by atoms with van der Waals surface area (Å²) in [5, 5.41) is 4.21. The summed E-state index contributed by atoms with van der Waals surface area (Å²) < 4.78 is 20.1. The van der Waals surface area contributed by atoms with Crippen molar-refractivity contribution < 1.29 is 13.7 Å². The standard InChI is InChI=1S/C30H39N7O3S/c1-41(2,39)35-13-5-8-27(35)26-18-29(26)37(32)30(38)36(31)28-12-11-23(24-6-3-4-7-25(24)28)21-9-10-22(33-19-21)20-34-14-16-40-17-15-34/h3-4,6-7,9-12,19,26-27,29H,1,5,8,13-18,20,31-32H2,2H3. The minimum atomic E-state index is -2.30. The Bertz CT molecular complexity index is 1520. The predicted molar refractivity (Wildman–Crippen MR) is 164 cm³/mol. The van der Waals surface area contributed by atoms with Crippen molar-refractivity contribution in [2.24, 2.45) is 17.6 Å². The van der Waals surface area contributed by atoms with Crippen molar-refractivity contribution in [1.82, 2.24) is 19.2 Å². The number of rotatable bonds is 7. The number of aromatic nitrogens is 1. The number of ether oxygens (including phenoxy) is 1. The number of urea groups is 1. The maximum atomic E-state index is 13.5. The summed E-state index contributed by atoms with van der Waals surface area (Å²) in [5.41, 5.74) is 3.61. The van der Waals surface area contributed by atoms with Crippen LogP contribution in [-0.2, 0) is 21.0 Å². The number of amides is 2. The van der Waals surface area contributed by atoms with Gasteiger partial charge in [0.2, 0.25) is 0 Å². The van der Waals surface area contributed by atoms with Gasteiger partial charge in [-0.1, -0.05) is 36.4 Å². The van der Waals surface area contributed by atoms with Crippen molar-refractivity contribution in [2.75, 3.05) is 44.1 Å². The van der Waals surface area contributed by atoms with Gasteiger partial charge in [0.15, 0.2) is 0 Å². The fourth-order valence-electron chi connectivity index (χ4n) is 6.39. The highest BCUT2D eigenvalue weighted by Gasteiger charge is 2.52. The van der Waals surface area contributed by atoms with Gasteiger partial charge in [0.1, 0.15) is 0 Å². The number of hydrazine groups is 2. The molecule has 3 fully saturated rings. The molecule has 6 rings (SSSR count). The molecule has 3 aromatic rings. The highest BCUT2D eigenvalue weighted by Crippen LogP contribution is 2.44. The molecule has 4 N–H and O–H groups in total. The molecule has 3 heterocycles. The molecule has 1 aromatic heterocycles. The number of hydrogen-bond donors (Lipinski definition) is 2. The molecule has 4 atom stereocenters. The van der Waals surface area contributed by atoms with Crippen LogP contribution in [-0.4, -0.2) is 86.5 Å². The third-order valence-corrected chi connectivity index (χ3v) is 10.1. The van der Waals surface area contributed by atoms with E-state index in [2.05, 4.69) is 22.9 Å². The number of hydrogen-bond acceptors (Lipinski definition) is 7. The van der Waals surface area contributed by atoms with E-state index >= 15 is 0 Å². The summed E-state index contributed by atoms with van der Waals surface area (Å²) in [6.45, 7) is 4.92. The first-order valence-corrected chi connectivity index (χ1v) is 16.3. The molecule has 1 aliphatic carbocycles. The van der Waals surface area contributed by atoms with Gasteiger partial charge >= 0.3 is 6.03 Å². The van der Waals surface area contributed by atoms with E-state index in [4.69, 9.17) is 21.4 Å². The third-order valence-electron chi connectivity index (χ3n) is 8.61. The fraction of sp³-hybridized carbons (Fsp3) is 0.433. The van der Waals surface area contributed by atoms with Gasteiger partial charge in [-0.05, 0) is 54.1 Å². The number of carbonyl (C=O) groups excluding carboxylic acids is 1. The Labute approximate surface area is 241 Å². The van der Waals surface area contributed by atoms with Crippen LogP contribution >= 0.6 is 0 Å². The number of fused-ring (bicyclic) bond motifs is 1. The van der Waals surface area contributed by atoms with Crippen LogP contribution in [0.5, 0.6) is 0 Å². The van der Waals surface area contributed by atoms with E-state index in [0.29, 0.717) is 5.69 Å². The number of carbonyl (C=O) groups is 1. The van der Waals surface area contributed by atoms with Gasteiger partial charge in [0, 0.05) is 65.3 Å². The monoisotopic (exact) mass is 577 g/mol. The van der Waals surface area contributed by atoms with Gasteiger partial charge in [-0.25, -0.2) is 25.8 Å². The van der Waals surface area contributed by atoms with Crippen molar-refractivity contribution in [3.8, 4) is 11.1 Å². The topological polar surface area (TPSA) is 121 Å². The quantitative estimate of drug-likeness (QED) is 0.192. The van der Waals surface area contributed by atoms with E-state index in [9.17, 15) is 9.00 Å². The Morgan fingerprint density at radius 3 is 2.56 bits per heavy atom. The molecule has 11 heteroatoms. The normalized spacial score (nSPS) is 24.7. The Morgan fingerprint density at radius 2 is 1.85 bits per heavy atom. The average molecular weight is 578 g/mol. The number of anilines is 1. The number of nitrogens with zero attached hydrogens (tertiary/aromatic N) is 5. The van der Waals surface area contributed by atoms with Gasteiger partial charge in [-0.3, -0.25) is 19.1 Å². The van der Waals surface area contributed by atoms with Crippen molar-refractivity contribution in [1.29, 1.82) is 0 Å². The van der Waals surface area contributed by atoms with Crippen LogP contribution in [0.4, 0.5) is 10.5 Å². The van der Waals surface area contributed by atoms with Gasteiger partial charge in [0.25, 0.3) is 0 Å². The Kier molecular flexibility index (Phi) is 7.75. The van der Waals surface area contributed by atoms with Crippen LogP contribution in [0, 0.1) is 5.92 Å². The van der Waals surface area contributed by atoms with Gasteiger partial charge in [-0.15, -0.1) is 0 Å². The molecular weight excluding hydrogens is 538 g/mol. The lowest BCUT2D eigenvalue weighted by molar-refractivity contribution is 0.0336. The highest BCUT2D eigenvalue weighted by atomic mass is 32.2. The van der Waals surface area contributed by atoms with E-state index in [-0.39, 0.29) is 18.0 Å². The van der Waals surface area contributed by atoms with E-state index < -0.39 is 15.7 Å². The zero-order valence-electron chi connectivity index (χ0n) is 23.5. The molecule has 2 aliphatic heterocycles. The van der Waals surface area contributed by atoms with Crippen molar-refractivity contribution in [3.63, 3.8) is 0 Å². The van der Waals surface area contributed by atoms with Crippen LogP contribution in [0.3, 0.4) is 0 Å². The van der Waals surface area contributed by atoms with Crippen LogP contribution in [0.1, 0.15) is 25.0 Å². The Hall–Kier alpha value is -3.06. The van der Waals surface area contributed by atoms with Crippen LogP contribution in [0.15, 0.2) is 54.7 Å². The van der Waals surface area contributed by atoms with Crippen LogP contribution < -0.4 is 16.7 Å². The number of pyridine rings is 1. The molecule has 3 aliphatic rings. The second kappa shape index (κ2) is 11.3. The summed E-state index contributed by atoms with van der Waals surface area (Å²) in [7, 11) is -2.30. The molecule has 0 spiro atoms. The molecule has 1 saturated carbocycles. The summed E-state index contributed by atoms with van der Waals surface area (Å²) in [6.07, 6.45) is 6.26. The minimum Gasteiger partial charge on any atom is -0.379 e. The van der Waals surface area contributed by atoms with E-state index in [0.717, 1.165) is 91.3 Å². The lowest BCUT2D eigenvalue weighted by Crippen LogP contribution is -2.52. The average Bonchev–Trinajstić information content (AvgIpc) is 3.61. The Morgan fingerprint density at radius 1 is 1.10 bits per heavy atom. The smallest absolute Gasteiger partial charge is 0.353 e. The minimum absolute atomic E-state index is 0.119. The Balaban J connectivity index is 1.19. The number of nitrogens with two attached hydrogens (primary N) is 2. The second-order valence-electron chi connectivity index (χ2n) is 11.4. The fourth-order valence-corrected chi connectivity index (χ4v) is 7.74. The molecule has 10 nitrogen and oxygen atoms in total. The van der Waals surface area contributed by atoms with E-state index in [1.54, 1.807) is 6.26 Å². The summed E-state index contributed by atoms with van der Waals surface area (Å²) in [4.78, 5) is 20.5. The first kappa shape index (κ1) is 28.1. The summed E-state index contributed by atoms with van der Waals surface area (Å²) >= 11 is 0. The number of morpholine rings is 1. The maximum Gasteiger partial charge on any atom is 0.353 e. The van der Waals surface area contributed by atoms with Crippen molar-refractivity contribution >= 4 is 38.1 Å². The number of benzene rings is 2. The molecular formula is C30H39N7O3S. The first-order chi connectivity index (χ1) is 19.7. The second-order valence-corrected chi connectivity index (χ2v) is 13.8. The highest BCUT2D eigenvalue weighted by molar-refractivity contribution is 7.97. The molecule has 2 aromatic carbocycles. The molecule has 2 saturated heterocycles. The van der Waals surface area contributed by atoms with Crippen LogP contribution in [0.25, 0.3) is 21.9 Å². The molecule has 0 bridgehead atoms. The summed E-state index contributed by atoms with van der Waals surface area (Å²) in [5.74, 6) is 16.8. The van der Waals surface area contributed by atoms with E-state index in [1.165, 1.54) is 5.01 Å². The van der Waals surface area contributed by atoms with E-state index in [1.807, 2.05) is 46.9 Å². The van der Waals surface area contributed by atoms with Gasteiger partial charge in [0.05, 0.1) is 30.6 Å². The SMILES string of the molecule is C=S(C)(=O)N1CCCC1C1CC1N(N)C(=O)N(N)c1ccc(-c2ccc(CN3CCOCC3)nc2)c2ccccc12. The zero-order valence-corrected chi connectivity index (χ0v) is 24.3. The molecule has 4 unspecified atom stereocenters. The molecule has 0 radical (unpaired) electrons. The molecule has 2 amide bonds. The largest absolute Gasteiger partial charge is 0.379 e. The maximum absolute atomic E-state index is 13.5. The van der Waals surface area contributed by atoms with Crippen molar-refractivity contribution in [2.45, 2.75) is 37.9 Å². The lowest BCUT2D eigenvalue weighted by atomic mass is 9.98. The zero-order chi connectivity index (χ0) is 28.7. The van der Waals surface area contributed by atoms with Crippen LogP contribution in [0.2, 0.25) is 0 Å². The predicted octanol–water partition coefficient (Wildman–Crippen LogP) is 2.82. The molecule has 41 heavy (non-hydrogen) atoms. The molecule has 218 valence electrons. The lowest BCUT2D eigenvalue weighted by Gasteiger charge is -2.28. The summed E-state index contributed by atoms with van der Waals surface area (Å²) in [6, 6.07) is 15.4. The van der Waals surface area contributed by atoms with Gasteiger partial charge in [-0.2, -0.15) is 0 Å². The van der Waals surface area contributed by atoms with Crippen molar-refractivity contribution in [3.05, 3.63) is 60.4 Å². The third kappa shape index (κ3) is 5.70.